The Kier molecular flexibility index (Phi) is 5.30. The summed E-state index contributed by atoms with van der Waals surface area (Å²) in [6.07, 6.45) is -5.11. The second-order valence-corrected chi connectivity index (χ2v) is 7.13. The van der Waals surface area contributed by atoms with E-state index in [-0.39, 0.29) is 12.1 Å². The zero-order chi connectivity index (χ0) is 21.5. The number of amides is 2. The first-order valence-corrected chi connectivity index (χ1v) is 9.17. The van der Waals surface area contributed by atoms with Gasteiger partial charge in [-0.2, -0.15) is 13.2 Å². The lowest BCUT2D eigenvalue weighted by molar-refractivity contribution is -0.137. The monoisotopic (exact) mass is 406 g/mol. The van der Waals surface area contributed by atoms with Crippen LogP contribution in [0.5, 0.6) is 0 Å². The van der Waals surface area contributed by atoms with E-state index in [1.54, 1.807) is 12.1 Å². The van der Waals surface area contributed by atoms with E-state index < -0.39 is 29.8 Å². The molecule has 1 atom stereocenters. The molecule has 1 unspecified atom stereocenters. The second kappa shape index (κ2) is 7.42. The molecule has 2 aromatic rings. The molecule has 29 heavy (non-hydrogen) atoms. The lowest BCUT2D eigenvalue weighted by Gasteiger charge is -2.41. The van der Waals surface area contributed by atoms with Crippen molar-refractivity contribution in [2.24, 2.45) is 0 Å². The van der Waals surface area contributed by atoms with Gasteiger partial charge in [0.25, 0.3) is 5.91 Å². The van der Waals surface area contributed by atoms with Crippen LogP contribution in [-0.4, -0.2) is 29.7 Å². The summed E-state index contributed by atoms with van der Waals surface area (Å²) in [5.74, 6) is -0.466. The number of anilines is 2. The SMILES string of the molecule is CCC1CN(C(=O)c2ccc(C(F)(F)F)cc2)c2cc(C)c(C)cc2N1C(=O)O. The Hall–Kier alpha value is -3.03. The first kappa shape index (κ1) is 20.7. The maximum atomic E-state index is 13.1. The van der Waals surface area contributed by atoms with Gasteiger partial charge in [0, 0.05) is 12.1 Å². The molecule has 1 N–H and O–H groups in total. The number of nitrogens with zero attached hydrogens (tertiary/aromatic N) is 2. The van der Waals surface area contributed by atoms with Crippen molar-refractivity contribution in [3.8, 4) is 0 Å². The smallest absolute Gasteiger partial charge is 0.416 e. The maximum Gasteiger partial charge on any atom is 0.416 e. The molecule has 5 nitrogen and oxygen atoms in total. The lowest BCUT2D eigenvalue weighted by Crippen LogP contribution is -2.52. The van der Waals surface area contributed by atoms with Crippen LogP contribution in [0.15, 0.2) is 36.4 Å². The van der Waals surface area contributed by atoms with Gasteiger partial charge in [0.15, 0.2) is 0 Å². The molecular weight excluding hydrogens is 385 g/mol. The Morgan fingerprint density at radius 2 is 1.62 bits per heavy atom. The predicted molar refractivity (Wildman–Crippen MR) is 104 cm³/mol. The first-order valence-electron chi connectivity index (χ1n) is 9.17. The summed E-state index contributed by atoms with van der Waals surface area (Å²) in [5, 5.41) is 9.71. The van der Waals surface area contributed by atoms with Crippen LogP contribution >= 0.6 is 0 Å². The van der Waals surface area contributed by atoms with E-state index in [9.17, 15) is 27.9 Å². The van der Waals surface area contributed by atoms with Gasteiger partial charge < -0.3 is 10.0 Å². The number of benzene rings is 2. The molecule has 8 heteroatoms. The molecule has 0 aliphatic carbocycles. The van der Waals surface area contributed by atoms with Crippen molar-refractivity contribution in [2.45, 2.75) is 39.4 Å². The zero-order valence-corrected chi connectivity index (χ0v) is 16.2. The van der Waals surface area contributed by atoms with Crippen LogP contribution in [0.2, 0.25) is 0 Å². The molecule has 0 spiro atoms. The highest BCUT2D eigenvalue weighted by Crippen LogP contribution is 2.39. The first-order chi connectivity index (χ1) is 13.5. The number of hydrogen-bond acceptors (Lipinski definition) is 2. The van der Waals surface area contributed by atoms with E-state index in [1.807, 2.05) is 20.8 Å². The Balaban J connectivity index is 2.07. The van der Waals surface area contributed by atoms with Crippen molar-refractivity contribution < 1.29 is 27.9 Å². The molecule has 2 aromatic carbocycles. The Morgan fingerprint density at radius 1 is 1.07 bits per heavy atom. The molecule has 0 saturated carbocycles. The highest BCUT2D eigenvalue weighted by Gasteiger charge is 2.37. The molecule has 1 aliphatic rings. The van der Waals surface area contributed by atoms with Crippen LogP contribution < -0.4 is 9.80 Å². The summed E-state index contributed by atoms with van der Waals surface area (Å²) in [4.78, 5) is 27.7. The lowest BCUT2D eigenvalue weighted by atomic mass is 9.99. The number of carboxylic acid groups (broad SMARTS) is 1. The van der Waals surface area contributed by atoms with E-state index in [4.69, 9.17) is 0 Å². The third-order valence-electron chi connectivity index (χ3n) is 5.28. The van der Waals surface area contributed by atoms with Crippen molar-refractivity contribution >= 4 is 23.4 Å². The predicted octanol–water partition coefficient (Wildman–Crippen LogP) is 5.25. The molecular formula is C21H21F3N2O3. The van der Waals surface area contributed by atoms with Gasteiger partial charge in [-0.3, -0.25) is 9.69 Å². The Labute approximate surface area is 166 Å². The average molecular weight is 406 g/mol. The topological polar surface area (TPSA) is 60.9 Å². The Morgan fingerprint density at radius 3 is 2.10 bits per heavy atom. The fourth-order valence-electron chi connectivity index (χ4n) is 3.50. The summed E-state index contributed by atoms with van der Waals surface area (Å²) >= 11 is 0. The zero-order valence-electron chi connectivity index (χ0n) is 16.2. The molecule has 0 bridgehead atoms. The van der Waals surface area contributed by atoms with Crippen molar-refractivity contribution in [3.63, 3.8) is 0 Å². The summed E-state index contributed by atoms with van der Waals surface area (Å²) < 4.78 is 38.4. The Bertz CT molecular complexity index is 955. The van der Waals surface area contributed by atoms with Crippen LogP contribution in [0, 0.1) is 13.8 Å². The van der Waals surface area contributed by atoms with Crippen LogP contribution in [0.4, 0.5) is 29.3 Å². The standard InChI is InChI=1S/C21H21F3N2O3/c1-4-16-11-25(19(27)14-5-7-15(8-6-14)21(22,23)24)17-9-12(2)13(3)10-18(17)26(16)20(28)29/h5-10,16H,4,11H2,1-3H3,(H,28,29). The van der Waals surface area contributed by atoms with Gasteiger partial charge in [-0.25, -0.2) is 4.79 Å². The van der Waals surface area contributed by atoms with Gasteiger partial charge in [-0.15, -0.1) is 0 Å². The van der Waals surface area contributed by atoms with Crippen LogP contribution in [0.1, 0.15) is 40.4 Å². The van der Waals surface area contributed by atoms with Gasteiger partial charge >= 0.3 is 12.3 Å². The van der Waals surface area contributed by atoms with E-state index in [0.29, 0.717) is 17.8 Å². The van der Waals surface area contributed by atoms with Crippen LogP contribution in [0.3, 0.4) is 0 Å². The normalized spacial score (nSPS) is 16.6. The van der Waals surface area contributed by atoms with Gasteiger partial charge in [0.05, 0.1) is 23.0 Å². The number of halogens is 3. The second-order valence-electron chi connectivity index (χ2n) is 7.13. The third-order valence-corrected chi connectivity index (χ3v) is 5.28. The van der Waals surface area contributed by atoms with Crippen molar-refractivity contribution in [2.75, 3.05) is 16.3 Å². The van der Waals surface area contributed by atoms with E-state index >= 15 is 0 Å². The molecule has 3 rings (SSSR count). The van der Waals surface area contributed by atoms with Gasteiger partial charge in [0.1, 0.15) is 0 Å². The number of carbonyl (C=O) groups is 2. The third kappa shape index (κ3) is 3.79. The highest BCUT2D eigenvalue weighted by molar-refractivity contribution is 6.10. The fourth-order valence-corrected chi connectivity index (χ4v) is 3.50. The van der Waals surface area contributed by atoms with Crippen molar-refractivity contribution in [1.82, 2.24) is 0 Å². The van der Waals surface area contributed by atoms with Crippen molar-refractivity contribution in [1.29, 1.82) is 0 Å². The summed E-state index contributed by atoms with van der Waals surface area (Å²) in [6.45, 7) is 5.66. The molecule has 1 heterocycles. The number of fused-ring (bicyclic) bond motifs is 1. The minimum Gasteiger partial charge on any atom is -0.465 e. The van der Waals surface area contributed by atoms with Crippen molar-refractivity contribution in [3.05, 3.63) is 58.7 Å². The van der Waals surface area contributed by atoms with Gasteiger partial charge in [0.2, 0.25) is 0 Å². The maximum absolute atomic E-state index is 13.1. The van der Waals surface area contributed by atoms with E-state index in [1.165, 1.54) is 9.80 Å². The molecule has 0 aromatic heterocycles. The number of hydrogen-bond donors (Lipinski definition) is 1. The number of rotatable bonds is 2. The largest absolute Gasteiger partial charge is 0.465 e. The number of alkyl halides is 3. The van der Waals surface area contributed by atoms with E-state index in [2.05, 4.69) is 0 Å². The fraction of sp³-hybridized carbons (Fsp3) is 0.333. The molecule has 0 saturated heterocycles. The van der Waals surface area contributed by atoms with Gasteiger partial charge in [-0.1, -0.05) is 6.92 Å². The highest BCUT2D eigenvalue weighted by atomic mass is 19.4. The molecule has 1 aliphatic heterocycles. The van der Waals surface area contributed by atoms with Crippen LogP contribution in [-0.2, 0) is 6.18 Å². The molecule has 2 amide bonds. The summed E-state index contributed by atoms with van der Waals surface area (Å²) in [7, 11) is 0. The number of aryl methyl sites for hydroxylation is 2. The molecule has 0 fully saturated rings. The summed E-state index contributed by atoms with van der Waals surface area (Å²) in [5.41, 5.74) is 1.89. The van der Waals surface area contributed by atoms with E-state index in [0.717, 1.165) is 35.4 Å². The van der Waals surface area contributed by atoms with Crippen LogP contribution in [0.25, 0.3) is 0 Å². The quantitative estimate of drug-likeness (QED) is 0.741. The minimum absolute atomic E-state index is 0.112. The minimum atomic E-state index is -4.48. The summed E-state index contributed by atoms with van der Waals surface area (Å²) in [6, 6.07) is 7.06. The molecule has 0 radical (unpaired) electrons. The number of carbonyl (C=O) groups excluding carboxylic acids is 1. The van der Waals surface area contributed by atoms with Gasteiger partial charge in [-0.05, 0) is 67.8 Å². The molecule has 154 valence electrons. The average Bonchev–Trinajstić information content (AvgIpc) is 2.66.